The molecule has 17 heavy (non-hydrogen) atoms. The summed E-state index contributed by atoms with van der Waals surface area (Å²) in [5.74, 6) is 0. The molecule has 0 bridgehead atoms. The third-order valence-electron chi connectivity index (χ3n) is 2.35. The minimum absolute atomic E-state index is 0.163. The smallest absolute Gasteiger partial charge is 0.186 e. The molecule has 1 unspecified atom stereocenters. The lowest BCUT2D eigenvalue weighted by Gasteiger charge is -2.04. The van der Waals surface area contributed by atoms with Crippen LogP contribution < -0.4 is 0 Å². The molecule has 0 aromatic heterocycles. The fourth-order valence-electron chi connectivity index (χ4n) is 1.56. The van der Waals surface area contributed by atoms with E-state index in [9.17, 15) is 9.12 Å². The molecule has 5 heteroatoms. The summed E-state index contributed by atoms with van der Waals surface area (Å²) in [5.41, 5.74) is 1.66. The Kier molecular flexibility index (Phi) is 3.41. The zero-order chi connectivity index (χ0) is 12.3. The highest BCUT2D eigenvalue weighted by Crippen LogP contribution is 2.31. The first-order valence-corrected chi connectivity index (χ1v) is 5.96. The van der Waals surface area contributed by atoms with Crippen molar-refractivity contribution in [1.29, 1.82) is 0 Å². The summed E-state index contributed by atoms with van der Waals surface area (Å²) in [6, 6.07) is 13.7. The molecular weight excluding hydrogens is 238 g/mol. The summed E-state index contributed by atoms with van der Waals surface area (Å²) >= 11 is -2.10. The molecule has 0 spiro atoms. The monoisotopic (exact) mass is 247 g/mol. The Balaban J connectivity index is 2.56. The molecule has 1 atom stereocenters. The number of rotatable bonds is 3. The molecule has 2 aromatic carbocycles. The maximum absolute atomic E-state index is 10.9. The van der Waals surface area contributed by atoms with Crippen molar-refractivity contribution < 1.29 is 8.76 Å². The van der Waals surface area contributed by atoms with Gasteiger partial charge in [0, 0.05) is 5.56 Å². The third-order valence-corrected chi connectivity index (χ3v) is 3.01. The second kappa shape index (κ2) is 4.99. The lowest BCUT2D eigenvalue weighted by atomic mass is 10.0. The lowest BCUT2D eigenvalue weighted by Crippen LogP contribution is -1.88. The molecule has 0 aliphatic carbocycles. The highest BCUT2D eigenvalue weighted by Gasteiger charge is 2.09. The minimum Gasteiger partial charge on any atom is -0.302 e. The van der Waals surface area contributed by atoms with Crippen LogP contribution >= 0.6 is 0 Å². The molecule has 0 saturated heterocycles. The number of nitrogens with zero attached hydrogens (tertiary/aromatic N) is 1. The summed E-state index contributed by atoms with van der Waals surface area (Å²) in [5, 5.41) is 2.89. The number of hydrogen-bond acceptors (Lipinski definition) is 3. The number of hydrogen-bond donors (Lipinski definition) is 1. The van der Waals surface area contributed by atoms with E-state index in [0.29, 0.717) is 5.56 Å². The van der Waals surface area contributed by atoms with E-state index >= 15 is 0 Å². The average Bonchev–Trinajstić information content (AvgIpc) is 2.39. The van der Waals surface area contributed by atoms with Crippen LogP contribution in [-0.2, 0) is 11.1 Å². The Morgan fingerprint density at radius 1 is 1.06 bits per heavy atom. The average molecular weight is 247 g/mol. The predicted molar refractivity (Wildman–Crippen MR) is 66.4 cm³/mol. The van der Waals surface area contributed by atoms with Crippen LogP contribution in [0.3, 0.4) is 0 Å². The Hall–Kier alpha value is -1.85. The first-order valence-electron chi connectivity index (χ1n) is 4.86. The van der Waals surface area contributed by atoms with E-state index in [-0.39, 0.29) is 10.6 Å². The van der Waals surface area contributed by atoms with Gasteiger partial charge in [-0.25, -0.2) is 4.21 Å². The van der Waals surface area contributed by atoms with Gasteiger partial charge in [0.2, 0.25) is 0 Å². The topological polar surface area (TPSA) is 66.7 Å². The van der Waals surface area contributed by atoms with Crippen LogP contribution in [0.2, 0.25) is 0 Å². The Morgan fingerprint density at radius 2 is 1.76 bits per heavy atom. The Bertz CT molecular complexity index is 569. The fourth-order valence-corrected chi connectivity index (χ4v) is 1.95. The van der Waals surface area contributed by atoms with Crippen molar-refractivity contribution in [1.82, 2.24) is 0 Å². The Morgan fingerprint density at radius 3 is 2.35 bits per heavy atom. The van der Waals surface area contributed by atoms with Gasteiger partial charge in [-0.15, -0.1) is 4.91 Å². The van der Waals surface area contributed by atoms with Gasteiger partial charge in [0.1, 0.15) is 5.69 Å². The zero-order valence-electron chi connectivity index (χ0n) is 8.74. The Labute approximate surface area is 101 Å². The van der Waals surface area contributed by atoms with E-state index in [2.05, 4.69) is 5.18 Å². The molecule has 0 heterocycles. The van der Waals surface area contributed by atoms with Gasteiger partial charge >= 0.3 is 0 Å². The first kappa shape index (κ1) is 11.6. The van der Waals surface area contributed by atoms with Crippen LogP contribution in [0.15, 0.2) is 58.6 Å². The van der Waals surface area contributed by atoms with Crippen molar-refractivity contribution in [2.24, 2.45) is 5.18 Å². The van der Waals surface area contributed by atoms with Crippen LogP contribution in [0.25, 0.3) is 11.1 Å². The zero-order valence-corrected chi connectivity index (χ0v) is 9.55. The summed E-state index contributed by atoms with van der Waals surface area (Å²) in [6.07, 6.45) is 0. The van der Waals surface area contributed by atoms with E-state index in [1.54, 1.807) is 6.07 Å². The van der Waals surface area contributed by atoms with Gasteiger partial charge < -0.3 is 4.55 Å². The van der Waals surface area contributed by atoms with Crippen LogP contribution in [-0.4, -0.2) is 8.76 Å². The fraction of sp³-hybridized carbons (Fsp3) is 0. The third kappa shape index (κ3) is 2.46. The van der Waals surface area contributed by atoms with Gasteiger partial charge in [-0.05, 0) is 22.9 Å². The van der Waals surface area contributed by atoms with Gasteiger partial charge in [0.05, 0.1) is 4.90 Å². The molecule has 0 radical (unpaired) electrons. The van der Waals surface area contributed by atoms with Crippen LogP contribution in [0.4, 0.5) is 5.69 Å². The SMILES string of the molecule is O=Nc1cc(S(=O)O)ccc1-c1ccccc1. The predicted octanol–water partition coefficient (Wildman–Crippen LogP) is 3.33. The standard InChI is InChI=1S/C12H9NO3S/c14-13-12-8-10(17(15)16)6-7-11(12)9-4-2-1-3-5-9/h1-8H,(H,15,16). The quantitative estimate of drug-likeness (QED) is 0.668. The molecular formula is C12H9NO3S. The van der Waals surface area contributed by atoms with Crippen LogP contribution in [0.5, 0.6) is 0 Å². The van der Waals surface area contributed by atoms with Gasteiger partial charge in [0.25, 0.3) is 0 Å². The molecule has 86 valence electrons. The summed E-state index contributed by atoms with van der Waals surface area (Å²) in [6.45, 7) is 0. The molecule has 2 rings (SSSR count). The van der Waals surface area contributed by atoms with Crippen LogP contribution in [0.1, 0.15) is 0 Å². The first-order chi connectivity index (χ1) is 8.22. The van der Waals surface area contributed by atoms with Crippen molar-refractivity contribution in [2.75, 3.05) is 0 Å². The molecule has 4 nitrogen and oxygen atoms in total. The molecule has 0 amide bonds. The highest BCUT2D eigenvalue weighted by molar-refractivity contribution is 7.79. The normalized spacial score (nSPS) is 12.1. The van der Waals surface area contributed by atoms with Crippen molar-refractivity contribution in [3.63, 3.8) is 0 Å². The second-order valence-corrected chi connectivity index (χ2v) is 4.36. The number of benzene rings is 2. The second-order valence-electron chi connectivity index (χ2n) is 3.39. The van der Waals surface area contributed by atoms with E-state index in [0.717, 1.165) is 5.56 Å². The molecule has 2 aromatic rings. The van der Waals surface area contributed by atoms with Gasteiger partial charge in [0.15, 0.2) is 11.1 Å². The van der Waals surface area contributed by atoms with Crippen molar-refractivity contribution in [3.8, 4) is 11.1 Å². The van der Waals surface area contributed by atoms with Gasteiger partial charge in [-0.3, -0.25) is 0 Å². The molecule has 0 aliphatic heterocycles. The number of nitroso groups, excluding NO2 is 1. The van der Waals surface area contributed by atoms with Crippen molar-refractivity contribution in [2.45, 2.75) is 4.90 Å². The minimum atomic E-state index is -2.10. The van der Waals surface area contributed by atoms with Crippen LogP contribution in [0, 0.1) is 4.91 Å². The van der Waals surface area contributed by atoms with Crippen molar-refractivity contribution in [3.05, 3.63) is 53.4 Å². The van der Waals surface area contributed by atoms with Crippen molar-refractivity contribution >= 4 is 16.8 Å². The summed E-state index contributed by atoms with van der Waals surface area (Å²) in [7, 11) is 0. The maximum Gasteiger partial charge on any atom is 0.186 e. The van der Waals surface area contributed by atoms with E-state index in [1.807, 2.05) is 30.3 Å². The van der Waals surface area contributed by atoms with E-state index in [4.69, 9.17) is 4.55 Å². The van der Waals surface area contributed by atoms with E-state index in [1.165, 1.54) is 12.1 Å². The molecule has 0 aliphatic rings. The van der Waals surface area contributed by atoms with Gasteiger partial charge in [-0.2, -0.15) is 0 Å². The highest BCUT2D eigenvalue weighted by atomic mass is 32.2. The molecule has 1 N–H and O–H groups in total. The maximum atomic E-state index is 10.9. The van der Waals surface area contributed by atoms with E-state index < -0.39 is 11.1 Å². The summed E-state index contributed by atoms with van der Waals surface area (Å²) < 4.78 is 19.8. The molecule has 0 saturated carbocycles. The largest absolute Gasteiger partial charge is 0.302 e. The lowest BCUT2D eigenvalue weighted by molar-refractivity contribution is 0.564. The molecule has 0 fully saturated rings. The van der Waals surface area contributed by atoms with Gasteiger partial charge in [-0.1, -0.05) is 36.4 Å². The summed E-state index contributed by atoms with van der Waals surface area (Å²) in [4.78, 5) is 10.9.